The fourth-order valence-corrected chi connectivity index (χ4v) is 3.23. The van der Waals surface area contributed by atoms with Crippen LogP contribution in [0.25, 0.3) is 10.9 Å². The molecular weight excluding hydrogens is 356 g/mol. The summed E-state index contributed by atoms with van der Waals surface area (Å²) in [4.78, 5) is 18.8. The molecular formula is C17H15BrN4O. The van der Waals surface area contributed by atoms with Crippen molar-refractivity contribution in [2.75, 3.05) is 13.1 Å². The van der Waals surface area contributed by atoms with Crippen molar-refractivity contribution < 1.29 is 4.79 Å². The molecule has 3 aromatic rings. The number of rotatable bonds is 3. The monoisotopic (exact) mass is 370 g/mol. The van der Waals surface area contributed by atoms with Crippen LogP contribution in [0.2, 0.25) is 0 Å². The van der Waals surface area contributed by atoms with Gasteiger partial charge in [-0.15, -0.1) is 0 Å². The second kappa shape index (κ2) is 5.77. The minimum absolute atomic E-state index is 0.00801. The van der Waals surface area contributed by atoms with Gasteiger partial charge in [0.1, 0.15) is 5.69 Å². The average Bonchev–Trinajstić information content (AvgIpc) is 2.94. The van der Waals surface area contributed by atoms with Crippen molar-refractivity contribution in [3.63, 3.8) is 0 Å². The van der Waals surface area contributed by atoms with Crippen molar-refractivity contribution in [2.45, 2.75) is 6.54 Å². The summed E-state index contributed by atoms with van der Waals surface area (Å²) in [5.41, 5.74) is 1.38. The van der Waals surface area contributed by atoms with Gasteiger partial charge in [-0.2, -0.15) is 5.10 Å². The third-order valence-electron chi connectivity index (χ3n) is 4.11. The number of amides is 1. The Hall–Kier alpha value is -2.21. The van der Waals surface area contributed by atoms with Gasteiger partial charge in [0, 0.05) is 37.1 Å². The van der Waals surface area contributed by atoms with Gasteiger partial charge in [-0.05, 0) is 28.1 Å². The number of likely N-dealkylation sites (tertiary alicyclic amines) is 1. The van der Waals surface area contributed by atoms with Crippen molar-refractivity contribution in [3.05, 3.63) is 59.0 Å². The molecule has 0 N–H and O–H groups in total. The molecule has 1 aliphatic heterocycles. The predicted octanol–water partition coefficient (Wildman–Crippen LogP) is 2.97. The molecule has 1 saturated heterocycles. The number of hydrogen-bond acceptors (Lipinski definition) is 3. The Morgan fingerprint density at radius 3 is 2.83 bits per heavy atom. The van der Waals surface area contributed by atoms with E-state index in [1.807, 2.05) is 52.2 Å². The highest BCUT2D eigenvalue weighted by atomic mass is 79.9. The topological polar surface area (TPSA) is 51.0 Å². The normalized spacial score (nSPS) is 14.9. The number of benzene rings is 1. The zero-order valence-electron chi connectivity index (χ0n) is 12.4. The molecule has 0 aliphatic carbocycles. The van der Waals surface area contributed by atoms with Crippen molar-refractivity contribution in [2.24, 2.45) is 5.92 Å². The third kappa shape index (κ3) is 2.86. The molecule has 0 bridgehead atoms. The van der Waals surface area contributed by atoms with Crippen LogP contribution in [0.5, 0.6) is 0 Å². The summed E-state index contributed by atoms with van der Waals surface area (Å²) >= 11 is 3.39. The van der Waals surface area contributed by atoms with Gasteiger partial charge in [0.2, 0.25) is 0 Å². The number of hydrogen-bond donors (Lipinski definition) is 0. The average molecular weight is 371 g/mol. The number of fused-ring (bicyclic) bond motifs is 1. The molecule has 1 aromatic carbocycles. The Balaban J connectivity index is 1.42. The first kappa shape index (κ1) is 14.4. The first-order chi connectivity index (χ1) is 11.2. The lowest BCUT2D eigenvalue weighted by Gasteiger charge is -2.39. The van der Waals surface area contributed by atoms with Crippen LogP contribution >= 0.6 is 15.9 Å². The van der Waals surface area contributed by atoms with E-state index in [4.69, 9.17) is 0 Å². The molecule has 1 amide bonds. The first-order valence-corrected chi connectivity index (χ1v) is 8.31. The third-order valence-corrected chi connectivity index (χ3v) is 4.52. The maximum atomic E-state index is 12.5. The SMILES string of the molecule is O=C(c1ccc2ccccc2n1)N1CC(Cn2cc(Br)cn2)C1. The largest absolute Gasteiger partial charge is 0.336 e. The summed E-state index contributed by atoms with van der Waals surface area (Å²) in [6.45, 7) is 2.34. The Labute approximate surface area is 142 Å². The zero-order chi connectivity index (χ0) is 15.8. The Bertz CT molecular complexity index is 870. The molecule has 1 fully saturated rings. The van der Waals surface area contributed by atoms with Crippen LogP contribution < -0.4 is 0 Å². The summed E-state index contributed by atoms with van der Waals surface area (Å²) < 4.78 is 2.88. The second-order valence-electron chi connectivity index (χ2n) is 5.85. The van der Waals surface area contributed by atoms with Gasteiger partial charge in [0.05, 0.1) is 16.2 Å². The van der Waals surface area contributed by atoms with Crippen LogP contribution in [-0.4, -0.2) is 38.7 Å². The lowest BCUT2D eigenvalue weighted by atomic mass is 9.99. The summed E-state index contributed by atoms with van der Waals surface area (Å²) in [6, 6.07) is 11.6. The summed E-state index contributed by atoms with van der Waals surface area (Å²) in [7, 11) is 0. The van der Waals surface area contributed by atoms with Crippen LogP contribution in [0.3, 0.4) is 0 Å². The highest BCUT2D eigenvalue weighted by Crippen LogP contribution is 2.21. The molecule has 23 heavy (non-hydrogen) atoms. The maximum absolute atomic E-state index is 12.5. The molecule has 1 aliphatic rings. The standard InChI is InChI=1S/C17H15BrN4O/c18-14-7-19-22(11-14)10-12-8-21(9-12)17(23)16-6-5-13-3-1-2-4-15(13)20-16/h1-7,11-12H,8-10H2. The fourth-order valence-electron chi connectivity index (χ4n) is 2.90. The van der Waals surface area contributed by atoms with E-state index in [0.29, 0.717) is 11.6 Å². The molecule has 0 spiro atoms. The summed E-state index contributed by atoms with van der Waals surface area (Å²) in [6.07, 6.45) is 3.73. The number of halogens is 1. The predicted molar refractivity (Wildman–Crippen MR) is 91.1 cm³/mol. The van der Waals surface area contributed by atoms with E-state index in [0.717, 1.165) is 35.0 Å². The van der Waals surface area contributed by atoms with Gasteiger partial charge in [0.15, 0.2) is 0 Å². The van der Waals surface area contributed by atoms with E-state index >= 15 is 0 Å². The van der Waals surface area contributed by atoms with Gasteiger partial charge in [-0.3, -0.25) is 9.48 Å². The minimum Gasteiger partial charge on any atom is -0.336 e. The van der Waals surface area contributed by atoms with E-state index in [9.17, 15) is 4.79 Å². The van der Waals surface area contributed by atoms with Crippen molar-refractivity contribution >= 4 is 32.7 Å². The molecule has 116 valence electrons. The molecule has 2 aromatic heterocycles. The summed E-state index contributed by atoms with van der Waals surface area (Å²) in [5.74, 6) is 0.458. The maximum Gasteiger partial charge on any atom is 0.272 e. The Morgan fingerprint density at radius 2 is 2.04 bits per heavy atom. The van der Waals surface area contributed by atoms with Gasteiger partial charge < -0.3 is 4.90 Å². The van der Waals surface area contributed by atoms with E-state index in [2.05, 4.69) is 26.0 Å². The van der Waals surface area contributed by atoms with Crippen LogP contribution in [0.15, 0.2) is 53.3 Å². The second-order valence-corrected chi connectivity index (χ2v) is 6.76. The quantitative estimate of drug-likeness (QED) is 0.711. The lowest BCUT2D eigenvalue weighted by Crippen LogP contribution is -2.51. The summed E-state index contributed by atoms with van der Waals surface area (Å²) in [5, 5.41) is 5.30. The molecule has 0 radical (unpaired) electrons. The fraction of sp³-hybridized carbons (Fsp3) is 0.235. The highest BCUT2D eigenvalue weighted by molar-refractivity contribution is 9.10. The Morgan fingerprint density at radius 1 is 1.22 bits per heavy atom. The van der Waals surface area contributed by atoms with Gasteiger partial charge in [-0.25, -0.2) is 4.98 Å². The van der Waals surface area contributed by atoms with Crippen molar-refractivity contribution in [1.29, 1.82) is 0 Å². The smallest absolute Gasteiger partial charge is 0.272 e. The van der Waals surface area contributed by atoms with E-state index in [1.165, 1.54) is 0 Å². The van der Waals surface area contributed by atoms with Crippen LogP contribution in [0, 0.1) is 5.92 Å². The number of aromatic nitrogens is 3. The molecule has 0 unspecified atom stereocenters. The van der Waals surface area contributed by atoms with E-state index in [-0.39, 0.29) is 5.91 Å². The number of carbonyl (C=O) groups is 1. The van der Waals surface area contributed by atoms with Crippen molar-refractivity contribution in [1.82, 2.24) is 19.7 Å². The molecule has 5 nitrogen and oxygen atoms in total. The molecule has 4 rings (SSSR count). The first-order valence-electron chi connectivity index (χ1n) is 7.52. The lowest BCUT2D eigenvalue weighted by molar-refractivity contribution is 0.0456. The molecule has 0 atom stereocenters. The van der Waals surface area contributed by atoms with Gasteiger partial charge in [0.25, 0.3) is 5.91 Å². The van der Waals surface area contributed by atoms with E-state index in [1.54, 1.807) is 6.20 Å². The number of pyridine rings is 1. The molecule has 0 saturated carbocycles. The molecule has 6 heteroatoms. The van der Waals surface area contributed by atoms with Crippen LogP contribution in [-0.2, 0) is 6.54 Å². The zero-order valence-corrected chi connectivity index (χ0v) is 14.0. The van der Waals surface area contributed by atoms with Gasteiger partial charge >= 0.3 is 0 Å². The Kier molecular flexibility index (Phi) is 3.61. The number of carbonyl (C=O) groups excluding carboxylic acids is 1. The van der Waals surface area contributed by atoms with Crippen molar-refractivity contribution in [3.8, 4) is 0 Å². The van der Waals surface area contributed by atoms with Gasteiger partial charge in [-0.1, -0.05) is 24.3 Å². The number of nitrogens with zero attached hydrogens (tertiary/aromatic N) is 4. The van der Waals surface area contributed by atoms with Crippen LogP contribution in [0.4, 0.5) is 0 Å². The minimum atomic E-state index is 0.00801. The highest BCUT2D eigenvalue weighted by Gasteiger charge is 2.32. The number of para-hydroxylation sites is 1. The molecule has 3 heterocycles. The van der Waals surface area contributed by atoms with E-state index < -0.39 is 0 Å². The van der Waals surface area contributed by atoms with Crippen LogP contribution in [0.1, 0.15) is 10.5 Å².